The number of rotatable bonds is 23. The average molecular weight is 1790 g/mol. The van der Waals surface area contributed by atoms with Crippen LogP contribution in [-0.2, 0) is 16.2 Å². The van der Waals surface area contributed by atoms with Crippen molar-refractivity contribution in [2.45, 2.75) is 16.2 Å². The quantitative estimate of drug-likeness (QED) is 0.0592. The van der Waals surface area contributed by atoms with Gasteiger partial charge in [0.15, 0.2) is 0 Å². The predicted octanol–water partition coefficient (Wildman–Crippen LogP) is 34.6. The first-order chi connectivity index (χ1) is 67.8. The maximum absolute atomic E-state index is 15.9. The molecule has 2 atom stereocenters. The van der Waals surface area contributed by atoms with E-state index in [0.29, 0.717) is 0 Å². The number of nitrogens with zero attached hydrogens (tertiary/aromatic N) is 4. The molecule has 0 saturated carbocycles. The third kappa shape index (κ3) is 14.3. The van der Waals surface area contributed by atoms with Crippen molar-refractivity contribution < 1.29 is 22.0 Å². The molecule has 3 aliphatic rings. The van der Waals surface area contributed by atoms with Crippen LogP contribution in [0.15, 0.2) is 493 Å². The highest BCUT2D eigenvalue weighted by Crippen LogP contribution is 2.63. The number of halogens is 5. The smallest absolute Gasteiger partial charge is 0.123 e. The molecular formula is C129H87F5N4. The second-order valence-corrected chi connectivity index (χ2v) is 35.4. The lowest BCUT2D eigenvalue weighted by Crippen LogP contribution is -2.29. The van der Waals surface area contributed by atoms with Gasteiger partial charge in [-0.25, -0.2) is 22.0 Å². The monoisotopic (exact) mass is 1790 g/mol. The van der Waals surface area contributed by atoms with Gasteiger partial charge in [-0.1, -0.05) is 305 Å². The molecule has 9 heteroatoms. The zero-order chi connectivity index (χ0) is 93.3. The summed E-state index contributed by atoms with van der Waals surface area (Å²) in [5.41, 5.74) is 33.1. The summed E-state index contributed by atoms with van der Waals surface area (Å²) in [6.45, 7) is 12.3. The van der Waals surface area contributed by atoms with Crippen LogP contribution in [0, 0.1) is 29.1 Å². The normalized spacial score (nSPS) is 15.0. The molecule has 138 heavy (non-hydrogen) atoms. The molecule has 0 spiro atoms. The van der Waals surface area contributed by atoms with Crippen molar-refractivity contribution in [3.63, 3.8) is 0 Å². The fourth-order valence-corrected chi connectivity index (χ4v) is 21.8. The van der Waals surface area contributed by atoms with Crippen LogP contribution in [0.3, 0.4) is 0 Å². The molecule has 4 nitrogen and oxygen atoms in total. The van der Waals surface area contributed by atoms with E-state index in [4.69, 9.17) is 0 Å². The van der Waals surface area contributed by atoms with Crippen molar-refractivity contribution >= 4 is 86.5 Å². The molecule has 0 aromatic heterocycles. The van der Waals surface area contributed by atoms with Crippen molar-refractivity contribution in [3.05, 3.63) is 605 Å². The summed E-state index contributed by atoms with van der Waals surface area (Å²) >= 11 is 0. The van der Waals surface area contributed by atoms with Crippen LogP contribution in [-0.4, -0.2) is 0 Å². The Bertz CT molecular complexity index is 7610. The second-order valence-electron chi connectivity index (χ2n) is 35.4. The molecule has 0 radical (unpaired) electrons. The average Bonchev–Trinajstić information content (AvgIpc) is 1.53. The Hall–Kier alpha value is -17.5. The van der Waals surface area contributed by atoms with Gasteiger partial charge in [0.1, 0.15) is 29.1 Å². The molecule has 0 aliphatic heterocycles. The van der Waals surface area contributed by atoms with Crippen LogP contribution >= 0.6 is 0 Å². The van der Waals surface area contributed by atoms with E-state index in [-0.39, 0.29) is 29.1 Å². The molecule has 658 valence electrons. The number of para-hydroxylation sites is 2. The highest BCUT2D eigenvalue weighted by Gasteiger charge is 2.51. The molecule has 0 saturated heterocycles. The third-order valence-corrected chi connectivity index (χ3v) is 28.1. The maximum Gasteiger partial charge on any atom is 0.123 e. The van der Waals surface area contributed by atoms with Crippen molar-refractivity contribution in [1.82, 2.24) is 0 Å². The SMILES string of the molecule is C=Cc1ccc(C2(c3ccc(F)cc3)c3ccccc3-c3ccc(N(c4ccc(F)cc4)c4ccc(-c5ccc(N(c6ccccc6)c6ccc7c(c6)C(c6ccc(F)cc6)(c6ccc(C=C)cc6)c6cc(N(c8ccccc8)c8ccc(-c9ccc(N(c%10ccc(F)cc%10)c%10ccc%11c(c%10)C(c%10ccc(F)cc%10)(c%10ccc(C=C)cc%10)c%10ccccc%10-%11)cc9)cc8)ccc6-7)cc5)cc4)cc32)cc1. The lowest BCUT2D eigenvalue weighted by molar-refractivity contribution is 0.624. The van der Waals surface area contributed by atoms with Gasteiger partial charge in [0.25, 0.3) is 0 Å². The summed E-state index contributed by atoms with van der Waals surface area (Å²) < 4.78 is 76.3. The van der Waals surface area contributed by atoms with Gasteiger partial charge in [0.05, 0.1) is 16.2 Å². The van der Waals surface area contributed by atoms with E-state index in [2.05, 4.69) is 379 Å². The first-order valence-corrected chi connectivity index (χ1v) is 46.3. The minimum Gasteiger partial charge on any atom is -0.310 e. The first kappa shape index (κ1) is 84.7. The Morgan fingerprint density at radius 2 is 0.333 bits per heavy atom. The molecule has 3 aliphatic carbocycles. The van der Waals surface area contributed by atoms with Gasteiger partial charge in [0.2, 0.25) is 0 Å². The molecule has 2 unspecified atom stereocenters. The summed E-state index contributed by atoms with van der Waals surface area (Å²) in [4.78, 5) is 8.93. The minimum absolute atomic E-state index is 0.320. The van der Waals surface area contributed by atoms with Crippen LogP contribution < -0.4 is 19.6 Å². The highest BCUT2D eigenvalue weighted by molar-refractivity contribution is 5.96. The summed E-state index contributed by atoms with van der Waals surface area (Å²) in [7, 11) is 0. The van der Waals surface area contributed by atoms with E-state index in [9.17, 15) is 0 Å². The van der Waals surface area contributed by atoms with Crippen LogP contribution in [0.4, 0.5) is 90.2 Å². The highest BCUT2D eigenvalue weighted by atomic mass is 19.1. The van der Waals surface area contributed by atoms with Gasteiger partial charge < -0.3 is 19.6 Å². The van der Waals surface area contributed by atoms with Crippen molar-refractivity contribution in [2.24, 2.45) is 0 Å². The zero-order valence-electron chi connectivity index (χ0n) is 75.1. The molecule has 0 fully saturated rings. The van der Waals surface area contributed by atoms with Crippen LogP contribution in [0.5, 0.6) is 0 Å². The molecule has 23 rings (SSSR count). The van der Waals surface area contributed by atoms with E-state index in [1.165, 1.54) is 48.5 Å². The fourth-order valence-electron chi connectivity index (χ4n) is 21.8. The number of fused-ring (bicyclic) bond motifs is 9. The topological polar surface area (TPSA) is 13.0 Å². The van der Waals surface area contributed by atoms with E-state index >= 15 is 22.0 Å². The summed E-state index contributed by atoms with van der Waals surface area (Å²) in [5.74, 6) is -1.67. The Morgan fingerprint density at radius 1 is 0.159 bits per heavy atom. The fraction of sp³-hybridized carbons (Fsp3) is 0.0233. The minimum atomic E-state index is -1.03. The Kier molecular flexibility index (Phi) is 21.4. The molecule has 0 bridgehead atoms. The van der Waals surface area contributed by atoms with Crippen LogP contribution in [0.1, 0.15) is 83.5 Å². The van der Waals surface area contributed by atoms with E-state index < -0.39 is 16.2 Å². The Labute approximate surface area is 800 Å². The summed E-state index contributed by atoms with van der Waals surface area (Å²) in [6, 6.07) is 158. The van der Waals surface area contributed by atoms with E-state index in [1.807, 2.05) is 91.0 Å². The third-order valence-electron chi connectivity index (χ3n) is 28.1. The van der Waals surface area contributed by atoms with Crippen molar-refractivity contribution in [3.8, 4) is 55.6 Å². The van der Waals surface area contributed by atoms with Crippen LogP contribution in [0.2, 0.25) is 0 Å². The van der Waals surface area contributed by atoms with Gasteiger partial charge in [-0.2, -0.15) is 0 Å². The van der Waals surface area contributed by atoms with E-state index in [1.54, 1.807) is 12.1 Å². The van der Waals surface area contributed by atoms with Gasteiger partial charge in [-0.3, -0.25) is 0 Å². The lowest BCUT2D eigenvalue weighted by Gasteiger charge is -2.36. The number of anilines is 12. The predicted molar refractivity (Wildman–Crippen MR) is 558 cm³/mol. The lowest BCUT2D eigenvalue weighted by atomic mass is 9.67. The first-order valence-electron chi connectivity index (χ1n) is 46.3. The molecule has 20 aromatic carbocycles. The number of hydrogen-bond acceptors (Lipinski definition) is 4. The van der Waals surface area contributed by atoms with Gasteiger partial charge in [-0.15, -0.1) is 0 Å². The van der Waals surface area contributed by atoms with Gasteiger partial charge in [-0.05, 0) is 345 Å². The van der Waals surface area contributed by atoms with E-state index in [0.717, 1.165) is 207 Å². The summed E-state index contributed by atoms with van der Waals surface area (Å²) in [6.07, 6.45) is 5.53. The van der Waals surface area contributed by atoms with Crippen molar-refractivity contribution in [1.29, 1.82) is 0 Å². The van der Waals surface area contributed by atoms with Crippen LogP contribution in [0.25, 0.3) is 73.9 Å². The second kappa shape index (κ2) is 34.8. The van der Waals surface area contributed by atoms with Crippen molar-refractivity contribution in [2.75, 3.05) is 19.6 Å². The summed E-state index contributed by atoms with van der Waals surface area (Å²) in [5, 5.41) is 0. The van der Waals surface area contributed by atoms with Gasteiger partial charge in [0, 0.05) is 68.2 Å². The number of benzene rings is 20. The Morgan fingerprint density at radius 3 is 0.565 bits per heavy atom. The molecule has 0 amide bonds. The molecule has 0 heterocycles. The largest absolute Gasteiger partial charge is 0.310 e. The molecule has 20 aromatic rings. The molecular weight excluding hydrogens is 1700 g/mol. The standard InChI is InChI=1S/C129H87F5N4/c1-4-85-25-39-92(40-26-85)127(95-45-51-98(130)52-46-95)121-23-15-13-21-115(121)117-77-73-113(81-123(117)127)137(109-69-57-101(133)58-70-109)107-65-35-90(36-66-107)88-31-61-105(62-32-88)135(103-17-9-7-10-18-103)111-75-79-119-120-80-76-112(84-126(120)129(125(119)83-111,97-49-55-100(132)56-50-97)94-43-29-87(6-3)30-44-94)136(104-19-11-8-12-20-104)106-63-33-89(34-64-106)91-37-67-108(68-38-91)138(110-71-59-102(134)60-72-110)114-74-78-118-116-22-14-16-24-122(116)128(124(118)82-114,96-47-53-99(131)54-48-96)93-41-27-86(5-2)28-42-93/h4-84H,1-3H2. The van der Waals surface area contributed by atoms with Gasteiger partial charge >= 0.3 is 0 Å². The zero-order valence-corrected chi connectivity index (χ0v) is 75.1. The molecule has 0 N–H and O–H groups in total. The maximum atomic E-state index is 15.9. The Balaban J connectivity index is 0.591. The number of hydrogen-bond donors (Lipinski definition) is 0.